The molecular formula is C12H10Br2N4O. The first-order valence-corrected chi connectivity index (χ1v) is 6.88. The van der Waals surface area contributed by atoms with Crippen LogP contribution in [0.5, 0.6) is 0 Å². The van der Waals surface area contributed by atoms with E-state index in [0.717, 1.165) is 8.95 Å². The number of carbonyl (C=O) groups is 1. The zero-order valence-corrected chi connectivity index (χ0v) is 12.8. The summed E-state index contributed by atoms with van der Waals surface area (Å²) in [4.78, 5) is 16.1. The summed E-state index contributed by atoms with van der Waals surface area (Å²) in [6, 6.07) is 8.82. The highest BCUT2D eigenvalue weighted by Crippen LogP contribution is 2.30. The number of aromatic nitrogens is 1. The molecule has 2 aromatic rings. The largest absolute Gasteiger partial charge is 0.323 e. The monoisotopic (exact) mass is 384 g/mol. The summed E-state index contributed by atoms with van der Waals surface area (Å²) < 4.78 is 1.57. The summed E-state index contributed by atoms with van der Waals surface area (Å²) in [5, 5.41) is 2.79. The predicted molar refractivity (Wildman–Crippen MR) is 81.8 cm³/mol. The van der Waals surface area contributed by atoms with Crippen molar-refractivity contribution in [3.8, 4) is 0 Å². The average molecular weight is 386 g/mol. The molecule has 19 heavy (non-hydrogen) atoms. The lowest BCUT2D eigenvalue weighted by Gasteiger charge is -2.09. The number of carbonyl (C=O) groups excluding carboxylic acids is 1. The van der Waals surface area contributed by atoms with Gasteiger partial charge in [-0.1, -0.05) is 6.07 Å². The van der Waals surface area contributed by atoms with Gasteiger partial charge in [0.15, 0.2) is 0 Å². The van der Waals surface area contributed by atoms with Crippen molar-refractivity contribution in [1.29, 1.82) is 0 Å². The minimum atomic E-state index is -0.295. The highest BCUT2D eigenvalue weighted by atomic mass is 79.9. The Morgan fingerprint density at radius 2 is 1.84 bits per heavy atom. The van der Waals surface area contributed by atoms with Crippen molar-refractivity contribution in [2.24, 2.45) is 5.84 Å². The molecule has 1 heterocycles. The summed E-state index contributed by atoms with van der Waals surface area (Å²) in [5.41, 5.74) is 4.06. The topological polar surface area (TPSA) is 80.0 Å². The zero-order chi connectivity index (χ0) is 13.8. The third kappa shape index (κ3) is 3.31. The van der Waals surface area contributed by atoms with Crippen LogP contribution in [0.3, 0.4) is 0 Å². The Hall–Kier alpha value is -1.44. The summed E-state index contributed by atoms with van der Waals surface area (Å²) in [6.07, 6.45) is 1.49. The Morgan fingerprint density at radius 1 is 1.16 bits per heavy atom. The maximum absolute atomic E-state index is 12.1. The van der Waals surface area contributed by atoms with Gasteiger partial charge in [0.25, 0.3) is 5.91 Å². The smallest absolute Gasteiger partial charge is 0.274 e. The van der Waals surface area contributed by atoms with Crippen molar-refractivity contribution in [2.45, 2.75) is 0 Å². The van der Waals surface area contributed by atoms with Crippen molar-refractivity contribution >= 4 is 49.1 Å². The number of nitrogens with two attached hydrogens (primary N) is 1. The van der Waals surface area contributed by atoms with Gasteiger partial charge in [0.1, 0.15) is 5.69 Å². The van der Waals surface area contributed by atoms with Crippen LogP contribution in [-0.4, -0.2) is 10.9 Å². The summed E-state index contributed by atoms with van der Waals surface area (Å²) in [6.45, 7) is 0. The third-order valence-electron chi connectivity index (χ3n) is 2.36. The van der Waals surface area contributed by atoms with E-state index in [-0.39, 0.29) is 5.91 Å². The molecule has 1 amide bonds. The molecule has 1 aromatic heterocycles. The number of pyridine rings is 1. The molecule has 0 spiro atoms. The second-order valence-electron chi connectivity index (χ2n) is 3.63. The van der Waals surface area contributed by atoms with Gasteiger partial charge in [0.2, 0.25) is 0 Å². The van der Waals surface area contributed by atoms with Crippen LogP contribution in [0.1, 0.15) is 10.5 Å². The summed E-state index contributed by atoms with van der Waals surface area (Å²) >= 11 is 6.76. The number of halogens is 2. The second kappa shape index (κ2) is 6.14. The van der Waals surface area contributed by atoms with E-state index in [9.17, 15) is 4.79 Å². The number of nitrogens with one attached hydrogen (secondary N) is 2. The van der Waals surface area contributed by atoms with Gasteiger partial charge in [-0.05, 0) is 56.1 Å². The molecule has 2 rings (SSSR count). The van der Waals surface area contributed by atoms with Crippen molar-refractivity contribution in [1.82, 2.24) is 4.98 Å². The Kier molecular flexibility index (Phi) is 4.52. The number of rotatable bonds is 3. The molecule has 5 nitrogen and oxygen atoms in total. The molecule has 0 aliphatic heterocycles. The second-order valence-corrected chi connectivity index (χ2v) is 5.34. The molecule has 4 N–H and O–H groups in total. The van der Waals surface area contributed by atoms with Crippen molar-refractivity contribution in [3.05, 3.63) is 51.2 Å². The molecule has 0 atom stereocenters. The SMILES string of the molecule is NNc1ccc(C(=O)Nc2c(Br)cccc2Br)nc1. The number of hydrazine groups is 1. The van der Waals surface area contributed by atoms with Crippen LogP contribution in [-0.2, 0) is 0 Å². The fraction of sp³-hybridized carbons (Fsp3) is 0. The third-order valence-corrected chi connectivity index (χ3v) is 3.69. The zero-order valence-electron chi connectivity index (χ0n) is 9.65. The van der Waals surface area contributed by atoms with E-state index in [0.29, 0.717) is 17.1 Å². The number of nitrogens with zero attached hydrogens (tertiary/aromatic N) is 1. The Labute approximate surface area is 126 Å². The molecule has 0 aliphatic carbocycles. The highest BCUT2D eigenvalue weighted by molar-refractivity contribution is 9.11. The predicted octanol–water partition coefficient (Wildman–Crippen LogP) is 3.14. The molecule has 0 bridgehead atoms. The normalized spacial score (nSPS) is 10.1. The van der Waals surface area contributed by atoms with E-state index >= 15 is 0 Å². The quantitative estimate of drug-likeness (QED) is 0.560. The Morgan fingerprint density at radius 3 is 2.37 bits per heavy atom. The number of benzene rings is 1. The molecule has 0 radical (unpaired) electrons. The molecule has 0 aliphatic rings. The van der Waals surface area contributed by atoms with E-state index in [1.54, 1.807) is 12.1 Å². The first-order chi connectivity index (χ1) is 9.11. The molecule has 1 aromatic carbocycles. The molecule has 0 saturated carbocycles. The van der Waals surface area contributed by atoms with Gasteiger partial charge in [-0.3, -0.25) is 10.6 Å². The number of hydrogen-bond donors (Lipinski definition) is 3. The van der Waals surface area contributed by atoms with Gasteiger partial charge >= 0.3 is 0 Å². The average Bonchev–Trinajstić information content (AvgIpc) is 2.43. The molecule has 0 saturated heterocycles. The highest BCUT2D eigenvalue weighted by Gasteiger charge is 2.11. The van der Waals surface area contributed by atoms with Crippen LogP contribution < -0.4 is 16.6 Å². The van der Waals surface area contributed by atoms with Crippen molar-refractivity contribution in [3.63, 3.8) is 0 Å². The van der Waals surface area contributed by atoms with Crippen LogP contribution in [0.4, 0.5) is 11.4 Å². The van der Waals surface area contributed by atoms with Crippen LogP contribution in [0.25, 0.3) is 0 Å². The van der Waals surface area contributed by atoms with Gasteiger partial charge in [-0.25, -0.2) is 4.98 Å². The maximum Gasteiger partial charge on any atom is 0.274 e. The minimum absolute atomic E-state index is 0.295. The van der Waals surface area contributed by atoms with Gasteiger partial charge < -0.3 is 10.7 Å². The van der Waals surface area contributed by atoms with E-state index in [2.05, 4.69) is 47.6 Å². The van der Waals surface area contributed by atoms with E-state index in [1.807, 2.05) is 18.2 Å². The lowest BCUT2D eigenvalue weighted by atomic mass is 10.3. The molecule has 0 fully saturated rings. The van der Waals surface area contributed by atoms with Gasteiger partial charge in [0.05, 0.1) is 17.6 Å². The van der Waals surface area contributed by atoms with E-state index in [4.69, 9.17) is 5.84 Å². The first-order valence-electron chi connectivity index (χ1n) is 5.30. The van der Waals surface area contributed by atoms with Gasteiger partial charge in [0, 0.05) is 8.95 Å². The first kappa shape index (κ1) is 14.0. The standard InChI is InChI=1S/C12H10Br2N4O/c13-8-2-1-3-9(14)11(8)17-12(19)10-5-4-7(18-15)6-16-10/h1-6,18H,15H2,(H,17,19). The maximum atomic E-state index is 12.1. The Balaban J connectivity index is 2.20. The summed E-state index contributed by atoms with van der Waals surface area (Å²) in [5.74, 6) is 4.94. The molecule has 7 heteroatoms. The number of hydrogen-bond acceptors (Lipinski definition) is 4. The summed E-state index contributed by atoms with van der Waals surface area (Å²) in [7, 11) is 0. The minimum Gasteiger partial charge on any atom is -0.323 e. The molecule has 0 unspecified atom stereocenters. The lowest BCUT2D eigenvalue weighted by molar-refractivity contribution is 0.102. The van der Waals surface area contributed by atoms with Crippen molar-refractivity contribution in [2.75, 3.05) is 10.7 Å². The fourth-order valence-electron chi connectivity index (χ4n) is 1.41. The van der Waals surface area contributed by atoms with Gasteiger partial charge in [-0.15, -0.1) is 0 Å². The van der Waals surface area contributed by atoms with Crippen LogP contribution >= 0.6 is 31.9 Å². The lowest BCUT2D eigenvalue weighted by Crippen LogP contribution is -2.15. The number of amides is 1. The van der Waals surface area contributed by atoms with Crippen LogP contribution in [0.15, 0.2) is 45.5 Å². The molecule has 98 valence electrons. The van der Waals surface area contributed by atoms with E-state index in [1.165, 1.54) is 6.20 Å². The molecular weight excluding hydrogens is 376 g/mol. The van der Waals surface area contributed by atoms with Crippen molar-refractivity contribution < 1.29 is 4.79 Å². The number of para-hydroxylation sites is 1. The Bertz CT molecular complexity index is 581. The van der Waals surface area contributed by atoms with Crippen LogP contribution in [0.2, 0.25) is 0 Å². The van der Waals surface area contributed by atoms with Crippen LogP contribution in [0, 0.1) is 0 Å². The van der Waals surface area contributed by atoms with E-state index < -0.39 is 0 Å². The van der Waals surface area contributed by atoms with Gasteiger partial charge in [-0.2, -0.15) is 0 Å². The number of anilines is 2. The number of nitrogen functional groups attached to an aromatic ring is 1. The fourth-order valence-corrected chi connectivity index (χ4v) is 2.61.